The van der Waals surface area contributed by atoms with E-state index >= 15 is 0 Å². The fraction of sp³-hybridized carbons (Fsp3) is 0.250. The van der Waals surface area contributed by atoms with Crippen molar-refractivity contribution in [2.45, 2.75) is 12.8 Å². The molecule has 0 radical (unpaired) electrons. The number of rotatable bonds is 3. The average molecular weight is 392 g/mol. The zero-order valence-corrected chi connectivity index (χ0v) is 10.9. The summed E-state index contributed by atoms with van der Waals surface area (Å²) in [6, 6.07) is 1.40. The van der Waals surface area contributed by atoms with Gasteiger partial charge in [0.1, 0.15) is 10.3 Å². The van der Waals surface area contributed by atoms with Crippen LogP contribution in [0.3, 0.4) is 0 Å². The maximum Gasteiger partial charge on any atom is 0.307 e. The molecule has 0 bridgehead atoms. The quantitative estimate of drug-likeness (QED) is 0.636. The molecule has 15 heavy (non-hydrogen) atoms. The molecule has 3 nitrogen and oxygen atoms in total. The fourth-order valence-electron chi connectivity index (χ4n) is 1.01. The smallest absolute Gasteiger partial charge is 0.307 e. The van der Waals surface area contributed by atoms with Gasteiger partial charge < -0.3 is 5.11 Å². The highest BCUT2D eigenvalue weighted by Crippen LogP contribution is 2.27. The van der Waals surface area contributed by atoms with Crippen LogP contribution in [0.25, 0.3) is 0 Å². The second-order valence-electron chi connectivity index (χ2n) is 2.68. The Morgan fingerprint density at radius 3 is 2.73 bits per heavy atom. The van der Waals surface area contributed by atoms with Crippen LogP contribution >= 0.6 is 38.5 Å². The molecule has 1 heterocycles. The molecule has 0 fully saturated rings. The zero-order valence-electron chi connectivity index (χ0n) is 7.18. The predicted molar refractivity (Wildman–Crippen MR) is 61.0 cm³/mol. The molecule has 0 saturated carbocycles. The minimum Gasteiger partial charge on any atom is -0.481 e. The van der Waals surface area contributed by atoms with E-state index in [2.05, 4.69) is 20.9 Å². The number of carbonyl (C=O) groups is 1. The van der Waals surface area contributed by atoms with Crippen LogP contribution in [0, 0.1) is 3.57 Å². The molecule has 0 aliphatic carbocycles. The molecule has 0 saturated heterocycles. The Hall–Kier alpha value is -0.310. The van der Waals surface area contributed by atoms with Crippen molar-refractivity contribution in [1.82, 2.24) is 4.98 Å². The van der Waals surface area contributed by atoms with Gasteiger partial charge in [0.2, 0.25) is 0 Å². The number of pyridine rings is 1. The third kappa shape index (κ3) is 3.33. The maximum atomic E-state index is 12.5. The Kier molecular flexibility index (Phi) is 4.38. The number of nitrogens with zero attached hydrogens (tertiary/aromatic N) is 1. The number of aromatic nitrogens is 1. The standard InChI is InChI=1S/C8H5BrF2INO2/c9-7-4(12)1-3(2-5(14)15)6(13-7)8(10)11/h1,8H,2H2,(H,14,15). The molecular weight excluding hydrogens is 387 g/mol. The third-order valence-electron chi connectivity index (χ3n) is 1.59. The summed E-state index contributed by atoms with van der Waals surface area (Å²) in [5.74, 6) is -1.16. The van der Waals surface area contributed by atoms with Gasteiger partial charge >= 0.3 is 5.97 Å². The summed E-state index contributed by atoms with van der Waals surface area (Å²) < 4.78 is 25.9. The molecule has 7 heteroatoms. The van der Waals surface area contributed by atoms with Gasteiger partial charge in [0, 0.05) is 3.57 Å². The first-order chi connectivity index (χ1) is 6.91. The van der Waals surface area contributed by atoms with Crippen molar-refractivity contribution in [2.24, 2.45) is 0 Å². The van der Waals surface area contributed by atoms with E-state index in [1.165, 1.54) is 6.07 Å². The van der Waals surface area contributed by atoms with E-state index in [1.54, 1.807) is 0 Å². The maximum absolute atomic E-state index is 12.5. The van der Waals surface area contributed by atoms with E-state index in [1.807, 2.05) is 22.6 Å². The van der Waals surface area contributed by atoms with Gasteiger partial charge in [-0.3, -0.25) is 4.79 Å². The number of carboxylic acids is 1. The molecule has 0 spiro atoms. The molecule has 0 amide bonds. The van der Waals surface area contributed by atoms with Crippen LogP contribution in [0.1, 0.15) is 17.7 Å². The van der Waals surface area contributed by atoms with Gasteiger partial charge in [0.15, 0.2) is 0 Å². The number of halogens is 4. The molecule has 82 valence electrons. The van der Waals surface area contributed by atoms with Gasteiger partial charge in [0.25, 0.3) is 6.43 Å². The normalized spacial score (nSPS) is 10.7. The van der Waals surface area contributed by atoms with Crippen LogP contribution in [-0.4, -0.2) is 16.1 Å². The predicted octanol–water partition coefficient (Wildman–Crippen LogP) is 3.01. The molecular formula is C8H5BrF2INO2. The van der Waals surface area contributed by atoms with Crippen molar-refractivity contribution in [1.29, 1.82) is 0 Å². The summed E-state index contributed by atoms with van der Waals surface area (Å²) >= 11 is 4.90. The highest BCUT2D eigenvalue weighted by atomic mass is 127. The van der Waals surface area contributed by atoms with Gasteiger partial charge in [0.05, 0.1) is 6.42 Å². The van der Waals surface area contributed by atoms with E-state index in [4.69, 9.17) is 5.11 Å². The van der Waals surface area contributed by atoms with Crippen molar-refractivity contribution in [3.05, 3.63) is 25.5 Å². The Balaban J connectivity index is 3.21. The van der Waals surface area contributed by atoms with Crippen LogP contribution in [-0.2, 0) is 11.2 Å². The van der Waals surface area contributed by atoms with E-state index in [9.17, 15) is 13.6 Å². The van der Waals surface area contributed by atoms with E-state index in [0.717, 1.165) is 0 Å². The highest BCUT2D eigenvalue weighted by Gasteiger charge is 2.18. The summed E-state index contributed by atoms with van der Waals surface area (Å²) in [5.41, 5.74) is -0.435. The SMILES string of the molecule is O=C(O)Cc1cc(I)c(Br)nc1C(F)F. The number of hydrogen-bond donors (Lipinski definition) is 1. The first-order valence-corrected chi connectivity index (χ1v) is 5.63. The van der Waals surface area contributed by atoms with Gasteiger partial charge in [-0.05, 0) is 50.2 Å². The molecule has 0 aliphatic heterocycles. The minimum absolute atomic E-state index is 0.0464. The van der Waals surface area contributed by atoms with E-state index < -0.39 is 24.5 Å². The lowest BCUT2D eigenvalue weighted by atomic mass is 10.1. The van der Waals surface area contributed by atoms with E-state index in [-0.39, 0.29) is 5.56 Å². The van der Waals surface area contributed by atoms with Crippen molar-refractivity contribution < 1.29 is 18.7 Å². The van der Waals surface area contributed by atoms with Crippen molar-refractivity contribution in [2.75, 3.05) is 0 Å². The first-order valence-electron chi connectivity index (χ1n) is 3.76. The number of alkyl halides is 2. The Morgan fingerprint density at radius 1 is 1.67 bits per heavy atom. The molecule has 0 atom stereocenters. The molecule has 1 rings (SSSR count). The molecule has 1 aromatic rings. The topological polar surface area (TPSA) is 50.2 Å². The van der Waals surface area contributed by atoms with Crippen LogP contribution < -0.4 is 0 Å². The lowest BCUT2D eigenvalue weighted by Crippen LogP contribution is -2.07. The Bertz CT molecular complexity index is 400. The first kappa shape index (κ1) is 12.8. The van der Waals surface area contributed by atoms with Crippen LogP contribution in [0.2, 0.25) is 0 Å². The minimum atomic E-state index is -2.77. The van der Waals surface area contributed by atoms with Crippen molar-refractivity contribution >= 4 is 44.5 Å². The molecule has 0 aliphatic rings. The summed E-state index contributed by atoms with van der Waals surface area (Å²) in [6.07, 6.45) is -3.22. The zero-order chi connectivity index (χ0) is 11.6. The Labute approximate surface area is 106 Å². The highest BCUT2D eigenvalue weighted by molar-refractivity contribution is 14.1. The second kappa shape index (κ2) is 5.15. The van der Waals surface area contributed by atoms with Crippen LogP contribution in [0.15, 0.2) is 10.7 Å². The molecule has 1 aromatic heterocycles. The monoisotopic (exact) mass is 391 g/mol. The molecule has 0 unspecified atom stereocenters. The third-order valence-corrected chi connectivity index (χ3v) is 3.76. The summed E-state index contributed by atoms with van der Waals surface area (Å²) in [5, 5.41) is 8.55. The second-order valence-corrected chi connectivity index (χ2v) is 4.59. The van der Waals surface area contributed by atoms with Crippen LogP contribution in [0.5, 0.6) is 0 Å². The van der Waals surface area contributed by atoms with Crippen molar-refractivity contribution in [3.63, 3.8) is 0 Å². The summed E-state index contributed by atoms with van der Waals surface area (Å²) in [4.78, 5) is 14.1. The fourth-order valence-corrected chi connectivity index (χ4v) is 1.81. The molecule has 0 aromatic carbocycles. The Morgan fingerprint density at radius 2 is 2.27 bits per heavy atom. The van der Waals surface area contributed by atoms with Gasteiger partial charge in [-0.2, -0.15) is 0 Å². The number of hydrogen-bond acceptors (Lipinski definition) is 2. The molecule has 1 N–H and O–H groups in total. The van der Waals surface area contributed by atoms with Gasteiger partial charge in [-0.25, -0.2) is 13.8 Å². The summed E-state index contributed by atoms with van der Waals surface area (Å²) in [6.45, 7) is 0. The number of carboxylic acid groups (broad SMARTS) is 1. The average Bonchev–Trinajstić information content (AvgIpc) is 2.09. The lowest BCUT2D eigenvalue weighted by molar-refractivity contribution is -0.136. The van der Waals surface area contributed by atoms with Crippen LogP contribution in [0.4, 0.5) is 8.78 Å². The summed E-state index contributed by atoms with van der Waals surface area (Å²) in [7, 11) is 0. The largest absolute Gasteiger partial charge is 0.481 e. The lowest BCUT2D eigenvalue weighted by Gasteiger charge is -2.07. The van der Waals surface area contributed by atoms with Gasteiger partial charge in [-0.1, -0.05) is 0 Å². The number of aliphatic carboxylic acids is 1. The van der Waals surface area contributed by atoms with Crippen molar-refractivity contribution in [3.8, 4) is 0 Å². The van der Waals surface area contributed by atoms with E-state index in [0.29, 0.717) is 8.17 Å². The van der Waals surface area contributed by atoms with Gasteiger partial charge in [-0.15, -0.1) is 0 Å².